The summed E-state index contributed by atoms with van der Waals surface area (Å²) in [7, 11) is 6.21. The topological polar surface area (TPSA) is 21.1 Å². The minimum absolute atomic E-state index is 1.18. The van der Waals surface area contributed by atoms with Crippen LogP contribution in [0.5, 0.6) is 0 Å². The van der Waals surface area contributed by atoms with Crippen molar-refractivity contribution >= 4 is 27.5 Å². The van der Waals surface area contributed by atoms with Gasteiger partial charge in [-0.3, -0.25) is 4.98 Å². The number of hydrogen-bond acceptors (Lipinski definition) is 2. The van der Waals surface area contributed by atoms with Crippen molar-refractivity contribution in [3.05, 3.63) is 36.7 Å². The first-order chi connectivity index (χ1) is 8.18. The third-order valence-electron chi connectivity index (χ3n) is 3.31. The van der Waals surface area contributed by atoms with Crippen molar-refractivity contribution in [2.24, 2.45) is 7.05 Å². The van der Waals surface area contributed by atoms with E-state index in [1.165, 1.54) is 27.5 Å². The summed E-state index contributed by atoms with van der Waals surface area (Å²) in [6, 6.07) is 8.63. The first-order valence-corrected chi connectivity index (χ1v) is 5.68. The van der Waals surface area contributed by atoms with Gasteiger partial charge in [-0.1, -0.05) is 0 Å². The lowest BCUT2D eigenvalue weighted by atomic mass is 10.1. The van der Waals surface area contributed by atoms with Gasteiger partial charge < -0.3 is 9.47 Å². The number of rotatable bonds is 1. The fourth-order valence-electron chi connectivity index (χ4n) is 2.32. The summed E-state index contributed by atoms with van der Waals surface area (Å²) < 4.78 is 2.19. The molecular formula is C14H15N3. The van der Waals surface area contributed by atoms with E-state index in [0.29, 0.717) is 0 Å². The van der Waals surface area contributed by atoms with Crippen molar-refractivity contribution < 1.29 is 0 Å². The monoisotopic (exact) mass is 225 g/mol. The molecule has 0 radical (unpaired) electrons. The van der Waals surface area contributed by atoms with Crippen LogP contribution in [-0.2, 0) is 7.05 Å². The Labute approximate surface area is 100 Å². The second kappa shape index (κ2) is 3.48. The number of benzene rings is 1. The Kier molecular flexibility index (Phi) is 2.08. The van der Waals surface area contributed by atoms with E-state index in [0.717, 1.165) is 0 Å². The summed E-state index contributed by atoms with van der Waals surface area (Å²) in [6.45, 7) is 0. The molecule has 3 heteroatoms. The van der Waals surface area contributed by atoms with Crippen LogP contribution in [0.4, 0.5) is 5.69 Å². The summed E-state index contributed by atoms with van der Waals surface area (Å²) in [5.74, 6) is 0. The minimum Gasteiger partial charge on any atom is -0.378 e. The number of anilines is 1. The quantitative estimate of drug-likeness (QED) is 0.635. The van der Waals surface area contributed by atoms with Crippen LogP contribution in [0.15, 0.2) is 36.7 Å². The third-order valence-corrected chi connectivity index (χ3v) is 3.31. The Morgan fingerprint density at radius 3 is 2.65 bits per heavy atom. The Balaban J connectivity index is 2.46. The molecule has 0 amide bonds. The molecule has 2 heterocycles. The average Bonchev–Trinajstić information content (AvgIpc) is 2.64. The van der Waals surface area contributed by atoms with Gasteiger partial charge in [0.25, 0.3) is 0 Å². The number of aryl methyl sites for hydroxylation is 1. The third kappa shape index (κ3) is 1.39. The molecule has 17 heavy (non-hydrogen) atoms. The van der Waals surface area contributed by atoms with Crippen molar-refractivity contribution in [1.82, 2.24) is 9.55 Å². The van der Waals surface area contributed by atoms with E-state index in [2.05, 4.69) is 59.9 Å². The molecule has 0 aliphatic rings. The predicted octanol–water partition coefficient (Wildman–Crippen LogP) is 2.79. The van der Waals surface area contributed by atoms with Crippen LogP contribution in [0.1, 0.15) is 0 Å². The van der Waals surface area contributed by atoms with Crippen LogP contribution in [-0.4, -0.2) is 23.6 Å². The van der Waals surface area contributed by atoms with Crippen molar-refractivity contribution in [1.29, 1.82) is 0 Å². The van der Waals surface area contributed by atoms with E-state index >= 15 is 0 Å². The normalized spacial score (nSPS) is 11.2. The summed E-state index contributed by atoms with van der Waals surface area (Å²) in [4.78, 5) is 6.32. The molecule has 2 aromatic heterocycles. The molecule has 0 spiro atoms. The lowest BCUT2D eigenvalue weighted by Gasteiger charge is -2.12. The van der Waals surface area contributed by atoms with Gasteiger partial charge >= 0.3 is 0 Å². The van der Waals surface area contributed by atoms with E-state index in [1.54, 1.807) is 0 Å². The number of fused-ring (bicyclic) bond motifs is 3. The summed E-state index contributed by atoms with van der Waals surface area (Å²) >= 11 is 0. The molecule has 0 bridgehead atoms. The molecule has 86 valence electrons. The molecule has 0 N–H and O–H groups in total. The predicted molar refractivity (Wildman–Crippen MR) is 72.5 cm³/mol. The van der Waals surface area contributed by atoms with Crippen molar-refractivity contribution in [3.8, 4) is 0 Å². The molecule has 0 saturated heterocycles. The molecule has 0 unspecified atom stereocenters. The molecule has 0 saturated carbocycles. The lowest BCUT2D eigenvalue weighted by molar-refractivity contribution is 1.01. The van der Waals surface area contributed by atoms with Crippen LogP contribution in [0, 0.1) is 0 Å². The molecule has 1 aromatic carbocycles. The highest BCUT2D eigenvalue weighted by Crippen LogP contribution is 2.30. The van der Waals surface area contributed by atoms with Gasteiger partial charge in [-0.2, -0.15) is 0 Å². The number of aromatic nitrogens is 2. The molecule has 0 aliphatic heterocycles. The van der Waals surface area contributed by atoms with Gasteiger partial charge in [-0.15, -0.1) is 0 Å². The first-order valence-electron chi connectivity index (χ1n) is 5.68. The van der Waals surface area contributed by atoms with E-state index < -0.39 is 0 Å². The fraction of sp³-hybridized carbons (Fsp3) is 0.214. The second-order valence-electron chi connectivity index (χ2n) is 4.55. The van der Waals surface area contributed by atoms with Crippen LogP contribution < -0.4 is 4.90 Å². The Morgan fingerprint density at radius 2 is 1.88 bits per heavy atom. The first kappa shape index (κ1) is 10.1. The van der Waals surface area contributed by atoms with Gasteiger partial charge in [-0.25, -0.2) is 0 Å². The number of pyridine rings is 1. The highest BCUT2D eigenvalue weighted by molar-refractivity contribution is 6.08. The average molecular weight is 225 g/mol. The molecule has 0 atom stereocenters. The number of nitrogens with zero attached hydrogens (tertiary/aromatic N) is 3. The zero-order chi connectivity index (χ0) is 12.0. The Morgan fingerprint density at radius 1 is 1.06 bits per heavy atom. The molecule has 0 fully saturated rings. The van der Waals surface area contributed by atoms with E-state index in [1.807, 2.05) is 12.4 Å². The maximum absolute atomic E-state index is 4.20. The Hall–Kier alpha value is -2.03. The fourth-order valence-corrected chi connectivity index (χ4v) is 2.32. The SMILES string of the molecule is CN(C)c1ccc2c(c1)c1ccncc1n2C. The van der Waals surface area contributed by atoms with Crippen LogP contribution in [0.2, 0.25) is 0 Å². The van der Waals surface area contributed by atoms with Gasteiger partial charge in [0, 0.05) is 49.3 Å². The maximum Gasteiger partial charge on any atom is 0.0675 e. The zero-order valence-electron chi connectivity index (χ0n) is 10.3. The smallest absolute Gasteiger partial charge is 0.0675 e. The van der Waals surface area contributed by atoms with Crippen LogP contribution in [0.25, 0.3) is 21.8 Å². The number of hydrogen-bond donors (Lipinski definition) is 0. The minimum atomic E-state index is 1.18. The molecule has 3 aromatic rings. The summed E-state index contributed by atoms with van der Waals surface area (Å²) in [5.41, 5.74) is 3.65. The zero-order valence-corrected chi connectivity index (χ0v) is 10.3. The van der Waals surface area contributed by atoms with Crippen molar-refractivity contribution in [2.75, 3.05) is 19.0 Å². The van der Waals surface area contributed by atoms with Crippen LogP contribution in [0.3, 0.4) is 0 Å². The standard InChI is InChI=1S/C14H15N3/c1-16(2)10-4-5-13-12(8-10)11-6-7-15-9-14(11)17(13)3/h4-9H,1-3H3. The highest BCUT2D eigenvalue weighted by Gasteiger charge is 2.08. The van der Waals surface area contributed by atoms with Crippen LogP contribution >= 0.6 is 0 Å². The summed E-state index contributed by atoms with van der Waals surface area (Å²) in [5, 5.41) is 2.55. The van der Waals surface area contributed by atoms with Gasteiger partial charge in [0.15, 0.2) is 0 Å². The maximum atomic E-state index is 4.20. The molecular weight excluding hydrogens is 210 g/mol. The van der Waals surface area contributed by atoms with E-state index in [-0.39, 0.29) is 0 Å². The van der Waals surface area contributed by atoms with Gasteiger partial charge in [0.05, 0.1) is 11.7 Å². The van der Waals surface area contributed by atoms with Gasteiger partial charge in [0.2, 0.25) is 0 Å². The lowest BCUT2D eigenvalue weighted by Crippen LogP contribution is -2.08. The Bertz CT molecular complexity index is 695. The van der Waals surface area contributed by atoms with Crippen molar-refractivity contribution in [2.45, 2.75) is 0 Å². The molecule has 3 nitrogen and oxygen atoms in total. The van der Waals surface area contributed by atoms with Gasteiger partial charge in [0.1, 0.15) is 0 Å². The molecule has 0 aliphatic carbocycles. The summed E-state index contributed by atoms with van der Waals surface area (Å²) in [6.07, 6.45) is 3.77. The highest BCUT2D eigenvalue weighted by atomic mass is 15.1. The van der Waals surface area contributed by atoms with E-state index in [4.69, 9.17) is 0 Å². The van der Waals surface area contributed by atoms with Crippen molar-refractivity contribution in [3.63, 3.8) is 0 Å². The van der Waals surface area contributed by atoms with E-state index in [9.17, 15) is 0 Å². The molecule has 3 rings (SSSR count). The second-order valence-corrected chi connectivity index (χ2v) is 4.55. The van der Waals surface area contributed by atoms with Gasteiger partial charge in [-0.05, 0) is 24.3 Å². The largest absolute Gasteiger partial charge is 0.378 e.